The predicted octanol–water partition coefficient (Wildman–Crippen LogP) is 16.7. The first kappa shape index (κ1) is 35.7. The van der Waals surface area contributed by atoms with Crippen molar-refractivity contribution in [1.82, 2.24) is 9.13 Å². The number of rotatable bonds is 6. The normalized spacial score (nSPS) is 11.9. The fourth-order valence-electron chi connectivity index (χ4n) is 9.92. The number of fused-ring (bicyclic) bond motifs is 11. The maximum Gasteiger partial charge on any atom is 0.135 e. The van der Waals surface area contributed by atoms with Gasteiger partial charge in [0.15, 0.2) is 0 Å². The van der Waals surface area contributed by atoms with Crippen LogP contribution >= 0.6 is 11.6 Å². The van der Waals surface area contributed by atoms with Gasteiger partial charge in [0.25, 0.3) is 0 Å². The second-order valence-electron chi connectivity index (χ2n) is 16.3. The lowest BCUT2D eigenvalue weighted by molar-refractivity contribution is 0.631. The summed E-state index contributed by atoms with van der Waals surface area (Å²) in [5.74, 6) is 0.872. The van der Waals surface area contributed by atoms with Crippen LogP contribution in [0.2, 0.25) is 5.02 Å². The standard InChI is InChI=1S/C58H36ClN3O/c59-41-23-26-49-53(35-41)61(43-15-6-2-7-16-43)51-30-28-48-47(57(49)51)29-31-52-58(48)50-27-25-46(36-54(50)62(52)44-17-8-3-9-18-44)60(42-13-4-1-5-14-42)45-24-22-37-32-40(21-20-38(37)33-45)56-34-39-12-10-11-19-55(39)63-56/h1-36H. The van der Waals surface area contributed by atoms with Crippen molar-refractivity contribution in [3.8, 4) is 22.7 Å². The van der Waals surface area contributed by atoms with Crippen LogP contribution in [0.25, 0.3) is 98.8 Å². The highest BCUT2D eigenvalue weighted by molar-refractivity contribution is 6.33. The number of furan rings is 1. The minimum atomic E-state index is 0.720. The monoisotopic (exact) mass is 825 g/mol. The van der Waals surface area contributed by atoms with E-state index in [9.17, 15) is 0 Å². The molecule has 13 aromatic rings. The van der Waals surface area contributed by atoms with Gasteiger partial charge in [-0.05, 0) is 125 Å². The van der Waals surface area contributed by atoms with Crippen LogP contribution in [-0.2, 0) is 0 Å². The summed E-state index contributed by atoms with van der Waals surface area (Å²) in [6.45, 7) is 0. The van der Waals surface area contributed by atoms with E-state index in [-0.39, 0.29) is 0 Å². The number of aromatic nitrogens is 2. The molecule has 5 heteroatoms. The Morgan fingerprint density at radius 3 is 1.59 bits per heavy atom. The average Bonchev–Trinajstić information content (AvgIpc) is 4.02. The van der Waals surface area contributed by atoms with Crippen molar-refractivity contribution in [2.24, 2.45) is 0 Å². The lowest BCUT2D eigenvalue weighted by atomic mass is 9.99. The Morgan fingerprint density at radius 2 is 0.905 bits per heavy atom. The van der Waals surface area contributed by atoms with Gasteiger partial charge in [0.1, 0.15) is 11.3 Å². The number of nitrogens with zero attached hydrogens (tertiary/aromatic N) is 3. The third-order valence-electron chi connectivity index (χ3n) is 12.7. The van der Waals surface area contributed by atoms with E-state index in [1.807, 2.05) is 24.3 Å². The Labute approximate surface area is 367 Å². The molecule has 0 fully saturated rings. The number of benzene rings is 10. The van der Waals surface area contributed by atoms with Gasteiger partial charge in [0, 0.05) is 66.0 Å². The zero-order valence-electron chi connectivity index (χ0n) is 33.9. The van der Waals surface area contributed by atoms with Crippen LogP contribution in [0.3, 0.4) is 0 Å². The topological polar surface area (TPSA) is 26.2 Å². The molecule has 0 spiro atoms. The van der Waals surface area contributed by atoms with Gasteiger partial charge in [-0.1, -0.05) is 127 Å². The Balaban J connectivity index is 1.02. The number of para-hydroxylation sites is 4. The molecule has 3 aromatic heterocycles. The summed E-state index contributed by atoms with van der Waals surface area (Å²) in [6.07, 6.45) is 0. The maximum atomic E-state index is 6.68. The molecule has 3 heterocycles. The first-order valence-electron chi connectivity index (χ1n) is 21.3. The average molecular weight is 826 g/mol. The molecule has 0 atom stereocenters. The maximum absolute atomic E-state index is 6.68. The summed E-state index contributed by atoms with van der Waals surface area (Å²) < 4.78 is 11.0. The van der Waals surface area contributed by atoms with Crippen LogP contribution in [0.5, 0.6) is 0 Å². The van der Waals surface area contributed by atoms with Crippen LogP contribution in [0.1, 0.15) is 0 Å². The van der Waals surface area contributed by atoms with Gasteiger partial charge in [-0.3, -0.25) is 0 Å². The zero-order chi connectivity index (χ0) is 41.6. The van der Waals surface area contributed by atoms with Gasteiger partial charge in [0.05, 0.1) is 22.1 Å². The smallest absolute Gasteiger partial charge is 0.135 e. The second-order valence-corrected chi connectivity index (χ2v) is 16.7. The number of halogens is 1. The summed E-state index contributed by atoms with van der Waals surface area (Å²) in [5.41, 5.74) is 11.9. The van der Waals surface area contributed by atoms with E-state index >= 15 is 0 Å². The molecule has 4 nitrogen and oxygen atoms in total. The van der Waals surface area contributed by atoms with Crippen molar-refractivity contribution >= 4 is 105 Å². The summed E-state index contributed by atoms with van der Waals surface area (Å²) in [6, 6.07) is 78.0. The Morgan fingerprint density at radius 1 is 0.365 bits per heavy atom. The Bertz CT molecular complexity index is 3890. The predicted molar refractivity (Wildman–Crippen MR) is 265 cm³/mol. The third-order valence-corrected chi connectivity index (χ3v) is 12.9. The molecule has 0 N–H and O–H groups in total. The third kappa shape index (κ3) is 5.62. The SMILES string of the molecule is Clc1ccc2c3c4ccc5c(c4ccc3n(-c3ccccc3)c2c1)c1ccc(N(c2ccccc2)c2ccc3cc(-c4cc6ccccc6o4)ccc3c2)cc1n5-c1ccccc1. The molecule has 0 bridgehead atoms. The van der Waals surface area contributed by atoms with Crippen molar-refractivity contribution in [3.05, 3.63) is 223 Å². The Kier molecular flexibility index (Phi) is 7.93. The lowest BCUT2D eigenvalue weighted by Gasteiger charge is -2.26. The summed E-state index contributed by atoms with van der Waals surface area (Å²) in [7, 11) is 0. The molecule has 63 heavy (non-hydrogen) atoms. The molecule has 296 valence electrons. The summed E-state index contributed by atoms with van der Waals surface area (Å²) in [5, 5.41) is 11.4. The van der Waals surface area contributed by atoms with E-state index in [1.54, 1.807) is 0 Å². The van der Waals surface area contributed by atoms with Crippen molar-refractivity contribution in [3.63, 3.8) is 0 Å². The van der Waals surface area contributed by atoms with E-state index in [0.717, 1.165) is 88.6 Å². The molecular formula is C58H36ClN3O. The fourth-order valence-corrected chi connectivity index (χ4v) is 10.1. The number of anilines is 3. The molecular weight excluding hydrogens is 790 g/mol. The molecule has 0 saturated heterocycles. The Hall–Kier alpha value is -8.05. The molecule has 0 aliphatic carbocycles. The first-order valence-corrected chi connectivity index (χ1v) is 21.6. The van der Waals surface area contributed by atoms with Crippen LogP contribution in [-0.4, -0.2) is 9.13 Å². The van der Waals surface area contributed by atoms with Gasteiger partial charge in [-0.15, -0.1) is 0 Å². The van der Waals surface area contributed by atoms with Gasteiger partial charge < -0.3 is 18.5 Å². The lowest BCUT2D eigenvalue weighted by Crippen LogP contribution is -2.10. The van der Waals surface area contributed by atoms with Crippen molar-refractivity contribution in [1.29, 1.82) is 0 Å². The highest BCUT2D eigenvalue weighted by atomic mass is 35.5. The van der Waals surface area contributed by atoms with Gasteiger partial charge in [0.2, 0.25) is 0 Å². The van der Waals surface area contributed by atoms with Gasteiger partial charge in [-0.2, -0.15) is 0 Å². The van der Waals surface area contributed by atoms with Crippen molar-refractivity contribution in [2.75, 3.05) is 4.90 Å². The van der Waals surface area contributed by atoms with Gasteiger partial charge >= 0.3 is 0 Å². The minimum Gasteiger partial charge on any atom is -0.456 e. The van der Waals surface area contributed by atoms with Crippen LogP contribution in [0, 0.1) is 0 Å². The molecule has 0 amide bonds. The van der Waals surface area contributed by atoms with Crippen LogP contribution in [0.15, 0.2) is 223 Å². The molecule has 0 aliphatic heterocycles. The summed E-state index contributed by atoms with van der Waals surface area (Å²) >= 11 is 6.68. The fraction of sp³-hybridized carbons (Fsp3) is 0. The molecule has 0 saturated carbocycles. The van der Waals surface area contributed by atoms with E-state index in [4.69, 9.17) is 16.0 Å². The van der Waals surface area contributed by atoms with E-state index in [0.29, 0.717) is 0 Å². The van der Waals surface area contributed by atoms with Crippen molar-refractivity contribution in [2.45, 2.75) is 0 Å². The highest BCUT2D eigenvalue weighted by Crippen LogP contribution is 2.45. The number of hydrogen-bond acceptors (Lipinski definition) is 2. The molecule has 0 radical (unpaired) electrons. The zero-order valence-corrected chi connectivity index (χ0v) is 34.7. The molecule has 10 aromatic carbocycles. The summed E-state index contributed by atoms with van der Waals surface area (Å²) in [4.78, 5) is 2.37. The van der Waals surface area contributed by atoms with Crippen molar-refractivity contribution < 1.29 is 4.42 Å². The quantitative estimate of drug-likeness (QED) is 0.167. The van der Waals surface area contributed by atoms with E-state index in [2.05, 4.69) is 208 Å². The first-order chi connectivity index (χ1) is 31.1. The minimum absolute atomic E-state index is 0.720. The van der Waals surface area contributed by atoms with Crippen LogP contribution in [0.4, 0.5) is 17.1 Å². The molecule has 0 unspecified atom stereocenters. The molecule has 13 rings (SSSR count). The van der Waals surface area contributed by atoms with E-state index < -0.39 is 0 Å². The largest absolute Gasteiger partial charge is 0.456 e. The molecule has 0 aliphatic rings. The number of hydrogen-bond donors (Lipinski definition) is 0. The highest BCUT2D eigenvalue weighted by Gasteiger charge is 2.22. The van der Waals surface area contributed by atoms with Crippen LogP contribution < -0.4 is 4.90 Å². The second kappa shape index (κ2) is 14.0. The van der Waals surface area contributed by atoms with E-state index in [1.165, 1.54) is 32.3 Å². The van der Waals surface area contributed by atoms with Gasteiger partial charge in [-0.25, -0.2) is 0 Å².